The van der Waals surface area contributed by atoms with Gasteiger partial charge in [0.1, 0.15) is 11.4 Å². The number of ether oxygens (including phenoxy) is 1. The summed E-state index contributed by atoms with van der Waals surface area (Å²) in [5.74, 6) is 0.530. The molecule has 0 fully saturated rings. The van der Waals surface area contributed by atoms with Gasteiger partial charge in [0.25, 0.3) is 5.91 Å². The Balaban J connectivity index is 1.51. The molecule has 4 N–H and O–H groups in total. The highest BCUT2D eigenvalue weighted by Crippen LogP contribution is 2.43. The number of aromatic nitrogens is 3. The van der Waals surface area contributed by atoms with Crippen LogP contribution in [0, 0.1) is 0 Å². The van der Waals surface area contributed by atoms with Gasteiger partial charge in [0.15, 0.2) is 5.82 Å². The number of fused-ring (bicyclic) bond motifs is 2. The third-order valence-electron chi connectivity index (χ3n) is 5.93. The van der Waals surface area contributed by atoms with Crippen LogP contribution in [0.3, 0.4) is 0 Å². The van der Waals surface area contributed by atoms with Gasteiger partial charge < -0.3 is 25.8 Å². The molecule has 1 aromatic carbocycles. The van der Waals surface area contributed by atoms with Crippen molar-refractivity contribution in [3.63, 3.8) is 0 Å². The smallest absolute Gasteiger partial charge is 0.261 e. The van der Waals surface area contributed by atoms with Gasteiger partial charge in [-0.2, -0.15) is 0 Å². The molecule has 0 unspecified atom stereocenters. The van der Waals surface area contributed by atoms with E-state index < -0.39 is 11.5 Å². The monoisotopic (exact) mass is 444 g/mol. The van der Waals surface area contributed by atoms with Crippen molar-refractivity contribution in [2.75, 3.05) is 16.8 Å². The molecule has 2 aliphatic heterocycles. The molecule has 3 aromatic rings. The van der Waals surface area contributed by atoms with Gasteiger partial charge in [-0.05, 0) is 30.7 Å². The van der Waals surface area contributed by atoms with E-state index in [9.17, 15) is 9.90 Å². The van der Waals surface area contributed by atoms with Crippen LogP contribution in [-0.2, 0) is 24.3 Å². The van der Waals surface area contributed by atoms with E-state index in [2.05, 4.69) is 31.2 Å². The quantitative estimate of drug-likeness (QED) is 0.510. The molecule has 0 spiro atoms. The Labute approximate surface area is 191 Å². The second-order valence-corrected chi connectivity index (χ2v) is 8.44. The number of anilines is 2. The zero-order valence-corrected chi connectivity index (χ0v) is 18.2. The first-order valence-electron chi connectivity index (χ1n) is 10.6. The SMILES string of the molecule is C[C@]1(CO)Cc2cc(NC(=O)C(=CN)c3ncccn3)c(N3Cc4cccnc4C3)cc2O1. The number of rotatable bonds is 5. The minimum absolute atomic E-state index is 0.108. The van der Waals surface area contributed by atoms with Crippen molar-refractivity contribution >= 4 is 22.9 Å². The molecule has 0 saturated heterocycles. The minimum atomic E-state index is -0.696. The number of hydrogen-bond acceptors (Lipinski definition) is 8. The number of nitrogens with zero attached hydrogens (tertiary/aromatic N) is 4. The Morgan fingerprint density at radius 2 is 2.00 bits per heavy atom. The van der Waals surface area contributed by atoms with Crippen molar-refractivity contribution in [2.45, 2.75) is 32.0 Å². The molecule has 9 heteroatoms. The molecule has 0 bridgehead atoms. The van der Waals surface area contributed by atoms with Crippen molar-refractivity contribution in [2.24, 2.45) is 5.73 Å². The van der Waals surface area contributed by atoms with Crippen molar-refractivity contribution < 1.29 is 14.6 Å². The molecule has 1 atom stereocenters. The Morgan fingerprint density at radius 1 is 1.21 bits per heavy atom. The molecule has 5 rings (SSSR count). The molecule has 4 heterocycles. The highest BCUT2D eigenvalue weighted by atomic mass is 16.5. The second kappa shape index (κ2) is 8.18. The summed E-state index contributed by atoms with van der Waals surface area (Å²) in [5.41, 5.74) is 9.69. The van der Waals surface area contributed by atoms with E-state index >= 15 is 0 Å². The van der Waals surface area contributed by atoms with Crippen LogP contribution in [0.2, 0.25) is 0 Å². The Kier molecular flexibility index (Phi) is 5.18. The van der Waals surface area contributed by atoms with E-state index in [1.165, 1.54) is 6.20 Å². The van der Waals surface area contributed by atoms with Crippen LogP contribution < -0.4 is 20.7 Å². The van der Waals surface area contributed by atoms with Gasteiger partial charge in [-0.1, -0.05) is 6.07 Å². The lowest BCUT2D eigenvalue weighted by atomic mass is 9.99. The van der Waals surface area contributed by atoms with E-state index in [4.69, 9.17) is 10.5 Å². The van der Waals surface area contributed by atoms with Crippen LogP contribution in [-0.4, -0.2) is 38.2 Å². The number of aliphatic hydroxyl groups is 1. The summed E-state index contributed by atoms with van der Waals surface area (Å²) in [6.45, 7) is 3.02. The number of carbonyl (C=O) groups excluding carboxylic acids is 1. The summed E-state index contributed by atoms with van der Waals surface area (Å²) in [6, 6.07) is 9.46. The highest BCUT2D eigenvalue weighted by Gasteiger charge is 2.36. The van der Waals surface area contributed by atoms with Crippen molar-refractivity contribution in [3.8, 4) is 5.75 Å². The lowest BCUT2D eigenvalue weighted by Crippen LogP contribution is -2.34. The Hall–Kier alpha value is -3.98. The Morgan fingerprint density at radius 3 is 2.73 bits per heavy atom. The van der Waals surface area contributed by atoms with Gasteiger partial charge in [0.05, 0.1) is 35.8 Å². The Bertz CT molecular complexity index is 1220. The fraction of sp³-hybridized carbons (Fsp3) is 0.250. The number of nitrogens with one attached hydrogen (secondary N) is 1. The third kappa shape index (κ3) is 3.87. The molecule has 2 aromatic heterocycles. The summed E-state index contributed by atoms with van der Waals surface area (Å²) < 4.78 is 6.06. The van der Waals surface area contributed by atoms with Crippen molar-refractivity contribution in [1.29, 1.82) is 0 Å². The van der Waals surface area contributed by atoms with Crippen LogP contribution in [0.5, 0.6) is 5.75 Å². The topological polar surface area (TPSA) is 126 Å². The summed E-state index contributed by atoms with van der Waals surface area (Å²) in [5, 5.41) is 12.8. The number of carbonyl (C=O) groups is 1. The molecule has 168 valence electrons. The summed E-state index contributed by atoms with van der Waals surface area (Å²) in [6.07, 6.45) is 6.63. The van der Waals surface area contributed by atoms with Gasteiger partial charge in [0.2, 0.25) is 0 Å². The number of hydrogen-bond donors (Lipinski definition) is 3. The fourth-order valence-corrected chi connectivity index (χ4v) is 4.25. The van der Waals surface area contributed by atoms with E-state index in [-0.39, 0.29) is 18.0 Å². The van der Waals surface area contributed by atoms with Crippen LogP contribution in [0.4, 0.5) is 11.4 Å². The predicted octanol–water partition coefficient (Wildman–Crippen LogP) is 2.02. The molecule has 0 radical (unpaired) electrons. The number of pyridine rings is 1. The first-order chi connectivity index (χ1) is 16.0. The maximum absolute atomic E-state index is 13.2. The van der Waals surface area contributed by atoms with E-state index in [0.29, 0.717) is 30.9 Å². The summed E-state index contributed by atoms with van der Waals surface area (Å²) >= 11 is 0. The zero-order valence-electron chi connectivity index (χ0n) is 18.2. The molecule has 2 aliphatic rings. The molecular formula is C24H24N6O3. The molecule has 0 aliphatic carbocycles. The maximum Gasteiger partial charge on any atom is 0.261 e. The third-order valence-corrected chi connectivity index (χ3v) is 5.93. The average Bonchev–Trinajstić information content (AvgIpc) is 3.40. The standard InChI is InChI=1S/C24H24N6O3/c1-24(14-31)10-16-8-18(29-23(32)17(11-25)22-27-6-3-7-28-22)20(9-21(16)33-24)30-12-15-4-2-5-26-19(15)13-30/h2-9,11,31H,10,12-14,25H2,1H3,(H,29,32)/t24-/m1/s1. The van der Waals surface area contributed by atoms with E-state index in [1.807, 2.05) is 25.1 Å². The zero-order chi connectivity index (χ0) is 23.0. The fourth-order valence-electron chi connectivity index (χ4n) is 4.25. The van der Waals surface area contributed by atoms with E-state index in [0.717, 1.165) is 22.5 Å². The summed E-state index contributed by atoms with van der Waals surface area (Å²) in [4.78, 5) is 28.1. The lowest BCUT2D eigenvalue weighted by Gasteiger charge is -2.23. The van der Waals surface area contributed by atoms with Crippen molar-refractivity contribution in [1.82, 2.24) is 15.0 Å². The average molecular weight is 444 g/mol. The van der Waals surface area contributed by atoms with Crippen LogP contribution in [0.15, 0.2) is 55.1 Å². The predicted molar refractivity (Wildman–Crippen MR) is 123 cm³/mol. The van der Waals surface area contributed by atoms with Gasteiger partial charge in [0, 0.05) is 49.4 Å². The first kappa shape index (κ1) is 20.9. The normalized spacial score (nSPS) is 19.1. The van der Waals surface area contributed by atoms with E-state index in [1.54, 1.807) is 24.7 Å². The molecule has 0 saturated carbocycles. The van der Waals surface area contributed by atoms with Gasteiger partial charge >= 0.3 is 0 Å². The van der Waals surface area contributed by atoms with Crippen LogP contribution in [0.1, 0.15) is 29.6 Å². The molecule has 9 nitrogen and oxygen atoms in total. The van der Waals surface area contributed by atoms with Gasteiger partial charge in [-0.25, -0.2) is 9.97 Å². The number of nitrogens with two attached hydrogens (primary N) is 1. The largest absolute Gasteiger partial charge is 0.484 e. The molecule has 1 amide bonds. The number of benzene rings is 1. The number of aliphatic hydroxyl groups excluding tert-OH is 1. The lowest BCUT2D eigenvalue weighted by molar-refractivity contribution is -0.111. The molecule has 33 heavy (non-hydrogen) atoms. The van der Waals surface area contributed by atoms with Crippen LogP contribution in [0.25, 0.3) is 5.57 Å². The second-order valence-electron chi connectivity index (χ2n) is 8.44. The summed E-state index contributed by atoms with van der Waals surface area (Å²) in [7, 11) is 0. The molecular weight excluding hydrogens is 420 g/mol. The first-order valence-corrected chi connectivity index (χ1v) is 10.6. The number of amides is 1. The minimum Gasteiger partial charge on any atom is -0.484 e. The van der Waals surface area contributed by atoms with Gasteiger partial charge in [-0.3, -0.25) is 9.78 Å². The highest BCUT2D eigenvalue weighted by molar-refractivity contribution is 6.24. The van der Waals surface area contributed by atoms with Crippen LogP contribution >= 0.6 is 0 Å². The van der Waals surface area contributed by atoms with Crippen molar-refractivity contribution in [3.05, 3.63) is 77.8 Å². The van der Waals surface area contributed by atoms with Gasteiger partial charge in [-0.15, -0.1) is 0 Å². The maximum atomic E-state index is 13.2.